The van der Waals surface area contributed by atoms with Gasteiger partial charge in [-0.25, -0.2) is 0 Å². The molecule has 0 aromatic carbocycles. The second kappa shape index (κ2) is 6.02. The molecule has 2 unspecified atom stereocenters. The molecule has 94 valence electrons. The third-order valence-electron chi connectivity index (χ3n) is 4.53. The van der Waals surface area contributed by atoms with Gasteiger partial charge in [-0.05, 0) is 24.7 Å². The predicted octanol–water partition coefficient (Wildman–Crippen LogP) is 2.50. The van der Waals surface area contributed by atoms with Gasteiger partial charge in [0.2, 0.25) is 0 Å². The highest BCUT2D eigenvalue weighted by Gasteiger charge is 2.25. The van der Waals surface area contributed by atoms with Crippen LogP contribution in [0.4, 0.5) is 0 Å². The number of hydrogen-bond acceptors (Lipinski definition) is 2. The van der Waals surface area contributed by atoms with Crippen molar-refractivity contribution in [3.05, 3.63) is 0 Å². The Morgan fingerprint density at radius 1 is 1.00 bits per heavy atom. The maximum absolute atomic E-state index is 3.74. The maximum atomic E-state index is 3.74. The fourth-order valence-corrected chi connectivity index (χ4v) is 3.17. The summed E-state index contributed by atoms with van der Waals surface area (Å²) in [6.07, 6.45) is 7.16. The van der Waals surface area contributed by atoms with E-state index in [4.69, 9.17) is 0 Å². The van der Waals surface area contributed by atoms with Crippen LogP contribution in [0.5, 0.6) is 0 Å². The van der Waals surface area contributed by atoms with E-state index >= 15 is 0 Å². The first-order valence-corrected chi connectivity index (χ1v) is 7.21. The van der Waals surface area contributed by atoms with Gasteiger partial charge >= 0.3 is 0 Å². The SMILES string of the molecule is CC1CN(CCNC2CCCCC2)CC1C. The van der Waals surface area contributed by atoms with Gasteiger partial charge in [0.1, 0.15) is 0 Å². The summed E-state index contributed by atoms with van der Waals surface area (Å²) < 4.78 is 0. The van der Waals surface area contributed by atoms with Crippen molar-refractivity contribution in [2.45, 2.75) is 52.0 Å². The smallest absolute Gasteiger partial charge is 0.0107 e. The van der Waals surface area contributed by atoms with Gasteiger partial charge in [-0.3, -0.25) is 0 Å². The van der Waals surface area contributed by atoms with Crippen LogP contribution in [0.15, 0.2) is 0 Å². The molecule has 1 saturated carbocycles. The van der Waals surface area contributed by atoms with Crippen LogP contribution in [0.2, 0.25) is 0 Å². The van der Waals surface area contributed by atoms with Crippen LogP contribution in [0, 0.1) is 11.8 Å². The van der Waals surface area contributed by atoms with Crippen molar-refractivity contribution >= 4 is 0 Å². The summed E-state index contributed by atoms with van der Waals surface area (Å²) in [6.45, 7) is 9.86. The van der Waals surface area contributed by atoms with E-state index in [2.05, 4.69) is 24.1 Å². The van der Waals surface area contributed by atoms with E-state index in [0.29, 0.717) is 0 Å². The number of likely N-dealkylation sites (tertiary alicyclic amines) is 1. The van der Waals surface area contributed by atoms with Crippen molar-refractivity contribution in [2.24, 2.45) is 11.8 Å². The van der Waals surface area contributed by atoms with Crippen LogP contribution in [0.1, 0.15) is 46.0 Å². The molecule has 1 aliphatic carbocycles. The van der Waals surface area contributed by atoms with Crippen LogP contribution < -0.4 is 5.32 Å². The molecule has 2 aliphatic rings. The molecule has 0 spiro atoms. The fourth-order valence-electron chi connectivity index (χ4n) is 3.17. The molecule has 1 N–H and O–H groups in total. The predicted molar refractivity (Wildman–Crippen MR) is 69.6 cm³/mol. The summed E-state index contributed by atoms with van der Waals surface area (Å²) in [5, 5.41) is 3.74. The first-order chi connectivity index (χ1) is 7.75. The largest absolute Gasteiger partial charge is 0.313 e. The second-order valence-corrected chi connectivity index (χ2v) is 6.00. The van der Waals surface area contributed by atoms with Crippen molar-refractivity contribution in [2.75, 3.05) is 26.2 Å². The van der Waals surface area contributed by atoms with Gasteiger partial charge in [-0.2, -0.15) is 0 Å². The zero-order chi connectivity index (χ0) is 11.4. The molecular formula is C14H28N2. The minimum absolute atomic E-state index is 0.825. The summed E-state index contributed by atoms with van der Waals surface area (Å²) in [6, 6.07) is 0.825. The van der Waals surface area contributed by atoms with Crippen LogP contribution >= 0.6 is 0 Å². The molecule has 0 amide bonds. The Kier molecular flexibility index (Phi) is 4.66. The molecule has 1 aliphatic heterocycles. The first kappa shape index (κ1) is 12.4. The second-order valence-electron chi connectivity index (χ2n) is 6.00. The van der Waals surface area contributed by atoms with Crippen LogP contribution in [-0.4, -0.2) is 37.1 Å². The molecule has 0 bridgehead atoms. The molecule has 2 atom stereocenters. The molecule has 2 heteroatoms. The topological polar surface area (TPSA) is 15.3 Å². The lowest BCUT2D eigenvalue weighted by Gasteiger charge is -2.24. The molecule has 0 aromatic heterocycles. The zero-order valence-electron chi connectivity index (χ0n) is 11.0. The van der Waals surface area contributed by atoms with Crippen molar-refractivity contribution in [1.82, 2.24) is 10.2 Å². The van der Waals surface area contributed by atoms with E-state index in [-0.39, 0.29) is 0 Å². The number of rotatable bonds is 4. The molecule has 0 aromatic rings. The Balaban J connectivity index is 1.57. The quantitative estimate of drug-likeness (QED) is 0.789. The monoisotopic (exact) mass is 224 g/mol. The Morgan fingerprint density at radius 3 is 2.25 bits per heavy atom. The van der Waals surface area contributed by atoms with Gasteiger partial charge in [0.05, 0.1) is 0 Å². The fraction of sp³-hybridized carbons (Fsp3) is 1.00. The van der Waals surface area contributed by atoms with Gasteiger partial charge in [0, 0.05) is 32.2 Å². The van der Waals surface area contributed by atoms with Crippen LogP contribution in [0.25, 0.3) is 0 Å². The average Bonchev–Trinajstić information content (AvgIpc) is 2.60. The minimum Gasteiger partial charge on any atom is -0.313 e. The van der Waals surface area contributed by atoms with E-state index in [9.17, 15) is 0 Å². The maximum Gasteiger partial charge on any atom is 0.0107 e. The number of nitrogens with one attached hydrogen (secondary N) is 1. The summed E-state index contributed by atoms with van der Waals surface area (Å²) in [5.41, 5.74) is 0. The molecular weight excluding hydrogens is 196 g/mol. The van der Waals surface area contributed by atoms with Gasteiger partial charge < -0.3 is 10.2 Å². The Hall–Kier alpha value is -0.0800. The molecule has 2 nitrogen and oxygen atoms in total. The lowest BCUT2D eigenvalue weighted by atomic mass is 9.95. The molecule has 2 fully saturated rings. The van der Waals surface area contributed by atoms with E-state index in [1.807, 2.05) is 0 Å². The number of nitrogens with zero attached hydrogens (tertiary/aromatic N) is 1. The lowest BCUT2D eigenvalue weighted by molar-refractivity contribution is 0.299. The van der Waals surface area contributed by atoms with E-state index in [1.165, 1.54) is 58.3 Å². The third-order valence-corrected chi connectivity index (χ3v) is 4.53. The van der Waals surface area contributed by atoms with Gasteiger partial charge in [0.25, 0.3) is 0 Å². The van der Waals surface area contributed by atoms with E-state index in [0.717, 1.165) is 17.9 Å². The van der Waals surface area contributed by atoms with Gasteiger partial charge in [0.15, 0.2) is 0 Å². The Morgan fingerprint density at radius 2 is 1.62 bits per heavy atom. The van der Waals surface area contributed by atoms with Crippen molar-refractivity contribution in [1.29, 1.82) is 0 Å². The van der Waals surface area contributed by atoms with Gasteiger partial charge in [-0.1, -0.05) is 33.1 Å². The molecule has 0 radical (unpaired) electrons. The molecule has 1 saturated heterocycles. The zero-order valence-corrected chi connectivity index (χ0v) is 11.0. The molecule has 2 rings (SSSR count). The number of hydrogen-bond donors (Lipinski definition) is 1. The van der Waals surface area contributed by atoms with E-state index in [1.54, 1.807) is 0 Å². The van der Waals surface area contributed by atoms with Crippen molar-refractivity contribution in [3.8, 4) is 0 Å². The van der Waals surface area contributed by atoms with Crippen LogP contribution in [0.3, 0.4) is 0 Å². The highest BCUT2D eigenvalue weighted by atomic mass is 15.2. The van der Waals surface area contributed by atoms with Gasteiger partial charge in [-0.15, -0.1) is 0 Å². The summed E-state index contributed by atoms with van der Waals surface area (Å²) in [4.78, 5) is 2.63. The third kappa shape index (κ3) is 3.46. The summed E-state index contributed by atoms with van der Waals surface area (Å²) in [5.74, 6) is 1.80. The van der Waals surface area contributed by atoms with Crippen molar-refractivity contribution < 1.29 is 0 Å². The summed E-state index contributed by atoms with van der Waals surface area (Å²) >= 11 is 0. The summed E-state index contributed by atoms with van der Waals surface area (Å²) in [7, 11) is 0. The lowest BCUT2D eigenvalue weighted by Crippen LogP contribution is -2.37. The van der Waals surface area contributed by atoms with Crippen LogP contribution in [-0.2, 0) is 0 Å². The first-order valence-electron chi connectivity index (χ1n) is 7.21. The standard InChI is InChI=1S/C14H28N2/c1-12-10-16(11-13(12)2)9-8-15-14-6-4-3-5-7-14/h12-15H,3-11H2,1-2H3. The molecule has 1 heterocycles. The van der Waals surface area contributed by atoms with E-state index < -0.39 is 0 Å². The average molecular weight is 224 g/mol. The highest BCUT2D eigenvalue weighted by Crippen LogP contribution is 2.21. The van der Waals surface area contributed by atoms with Crippen molar-refractivity contribution in [3.63, 3.8) is 0 Å². The Labute approximate surface area is 101 Å². The normalized spacial score (nSPS) is 33.4. The Bertz CT molecular complexity index is 189. The minimum atomic E-state index is 0.825. The highest BCUT2D eigenvalue weighted by molar-refractivity contribution is 4.79. The molecule has 16 heavy (non-hydrogen) atoms.